The standard InChI is InChI=1S/C13H13ClN2O/c1-3-16-8-11(7-15-16)13(17)10-4-9(2)5-12(14)6-10/h4-8H,3H2,1-2H3. The van der Waals surface area contributed by atoms with Gasteiger partial charge in [0.15, 0.2) is 5.78 Å². The van der Waals surface area contributed by atoms with E-state index in [0.29, 0.717) is 16.1 Å². The Morgan fingerprint density at radius 1 is 1.35 bits per heavy atom. The monoisotopic (exact) mass is 248 g/mol. The predicted molar refractivity (Wildman–Crippen MR) is 67.5 cm³/mol. The molecule has 1 heterocycles. The molecule has 0 fully saturated rings. The SMILES string of the molecule is CCn1cc(C(=O)c2cc(C)cc(Cl)c2)cn1. The predicted octanol–water partition coefficient (Wildman–Crippen LogP) is 3.10. The lowest BCUT2D eigenvalue weighted by Gasteiger charge is -2.01. The number of halogens is 1. The molecule has 0 aliphatic rings. The maximum atomic E-state index is 12.2. The zero-order valence-corrected chi connectivity index (χ0v) is 10.5. The van der Waals surface area contributed by atoms with Gasteiger partial charge in [0.1, 0.15) is 0 Å². The van der Waals surface area contributed by atoms with Crippen molar-refractivity contribution < 1.29 is 4.79 Å². The average molecular weight is 249 g/mol. The van der Waals surface area contributed by atoms with Crippen molar-refractivity contribution in [2.75, 3.05) is 0 Å². The molecule has 1 aromatic heterocycles. The van der Waals surface area contributed by atoms with E-state index in [1.165, 1.54) is 0 Å². The van der Waals surface area contributed by atoms with Crippen molar-refractivity contribution in [3.8, 4) is 0 Å². The van der Waals surface area contributed by atoms with Crippen molar-refractivity contribution in [2.45, 2.75) is 20.4 Å². The third-order valence-corrected chi connectivity index (χ3v) is 2.74. The number of benzene rings is 1. The summed E-state index contributed by atoms with van der Waals surface area (Å²) in [6.45, 7) is 4.64. The van der Waals surface area contributed by atoms with E-state index in [1.54, 1.807) is 23.1 Å². The van der Waals surface area contributed by atoms with Crippen molar-refractivity contribution in [3.63, 3.8) is 0 Å². The fourth-order valence-corrected chi connectivity index (χ4v) is 1.98. The number of rotatable bonds is 3. The molecule has 0 bridgehead atoms. The molecule has 0 saturated heterocycles. The van der Waals surface area contributed by atoms with E-state index in [4.69, 9.17) is 11.6 Å². The number of carbonyl (C=O) groups is 1. The van der Waals surface area contributed by atoms with E-state index >= 15 is 0 Å². The lowest BCUT2D eigenvalue weighted by atomic mass is 10.0. The van der Waals surface area contributed by atoms with Crippen molar-refractivity contribution in [1.82, 2.24) is 9.78 Å². The van der Waals surface area contributed by atoms with Gasteiger partial charge in [-0.3, -0.25) is 9.48 Å². The van der Waals surface area contributed by atoms with Crippen LogP contribution in [0.15, 0.2) is 30.6 Å². The summed E-state index contributed by atoms with van der Waals surface area (Å²) in [6, 6.07) is 5.34. The fourth-order valence-electron chi connectivity index (χ4n) is 1.69. The summed E-state index contributed by atoms with van der Waals surface area (Å²) in [4.78, 5) is 12.2. The average Bonchev–Trinajstić information content (AvgIpc) is 2.75. The van der Waals surface area contributed by atoms with Gasteiger partial charge >= 0.3 is 0 Å². The Morgan fingerprint density at radius 3 is 2.71 bits per heavy atom. The van der Waals surface area contributed by atoms with Crippen LogP contribution in [-0.2, 0) is 6.54 Å². The molecule has 0 aliphatic heterocycles. The van der Waals surface area contributed by atoms with Crippen LogP contribution >= 0.6 is 11.6 Å². The summed E-state index contributed by atoms with van der Waals surface area (Å²) < 4.78 is 1.73. The van der Waals surface area contributed by atoms with E-state index in [2.05, 4.69) is 5.10 Å². The number of nitrogens with zero attached hydrogens (tertiary/aromatic N) is 2. The van der Waals surface area contributed by atoms with Gasteiger partial charge in [-0.2, -0.15) is 5.10 Å². The van der Waals surface area contributed by atoms with Crippen LogP contribution in [0.25, 0.3) is 0 Å². The van der Waals surface area contributed by atoms with Crippen LogP contribution in [0.3, 0.4) is 0 Å². The second-order valence-electron chi connectivity index (χ2n) is 3.93. The highest BCUT2D eigenvalue weighted by Gasteiger charge is 2.12. The van der Waals surface area contributed by atoms with Gasteiger partial charge in [0.25, 0.3) is 0 Å². The van der Waals surface area contributed by atoms with Gasteiger partial charge in [-0.25, -0.2) is 0 Å². The van der Waals surface area contributed by atoms with E-state index in [-0.39, 0.29) is 5.78 Å². The summed E-state index contributed by atoms with van der Waals surface area (Å²) in [5, 5.41) is 4.67. The maximum absolute atomic E-state index is 12.2. The minimum absolute atomic E-state index is 0.0460. The zero-order chi connectivity index (χ0) is 12.4. The molecule has 17 heavy (non-hydrogen) atoms. The molecule has 0 radical (unpaired) electrons. The first-order valence-corrected chi connectivity index (χ1v) is 5.82. The van der Waals surface area contributed by atoms with Crippen LogP contribution < -0.4 is 0 Å². The molecule has 3 nitrogen and oxygen atoms in total. The molecular weight excluding hydrogens is 236 g/mol. The van der Waals surface area contributed by atoms with Crippen LogP contribution in [-0.4, -0.2) is 15.6 Å². The van der Waals surface area contributed by atoms with Gasteiger partial charge in [-0.05, 0) is 37.6 Å². The van der Waals surface area contributed by atoms with Crippen LogP contribution in [0.2, 0.25) is 5.02 Å². The van der Waals surface area contributed by atoms with Gasteiger partial charge in [0, 0.05) is 23.3 Å². The Balaban J connectivity index is 2.36. The highest BCUT2D eigenvalue weighted by Crippen LogP contribution is 2.17. The molecule has 0 spiro atoms. The van der Waals surface area contributed by atoms with Crippen LogP contribution in [0.1, 0.15) is 28.4 Å². The quantitative estimate of drug-likeness (QED) is 0.783. The molecule has 0 saturated carbocycles. The minimum atomic E-state index is -0.0460. The Hall–Kier alpha value is -1.61. The largest absolute Gasteiger partial charge is 0.288 e. The highest BCUT2D eigenvalue weighted by atomic mass is 35.5. The molecule has 4 heteroatoms. The second kappa shape index (κ2) is 4.72. The Labute approximate surface area is 105 Å². The van der Waals surface area contributed by atoms with Gasteiger partial charge in [0.05, 0.1) is 11.8 Å². The van der Waals surface area contributed by atoms with Crippen molar-refractivity contribution >= 4 is 17.4 Å². The summed E-state index contributed by atoms with van der Waals surface area (Å²) in [6.07, 6.45) is 3.33. The lowest BCUT2D eigenvalue weighted by Crippen LogP contribution is -2.00. The topological polar surface area (TPSA) is 34.9 Å². The number of aromatic nitrogens is 2. The van der Waals surface area contributed by atoms with Gasteiger partial charge in [-0.1, -0.05) is 11.6 Å². The first-order chi connectivity index (χ1) is 8.10. The summed E-state index contributed by atoms with van der Waals surface area (Å²) in [7, 11) is 0. The third-order valence-electron chi connectivity index (χ3n) is 2.52. The Bertz CT molecular complexity index is 540. The van der Waals surface area contributed by atoms with Crippen molar-refractivity contribution in [1.29, 1.82) is 0 Å². The van der Waals surface area contributed by atoms with Gasteiger partial charge in [0.2, 0.25) is 0 Å². The van der Waals surface area contributed by atoms with Crippen LogP contribution in [0, 0.1) is 6.92 Å². The number of hydrogen-bond donors (Lipinski definition) is 0. The number of ketones is 1. The molecule has 0 atom stereocenters. The van der Waals surface area contributed by atoms with E-state index in [1.807, 2.05) is 26.0 Å². The van der Waals surface area contributed by atoms with Crippen molar-refractivity contribution in [2.24, 2.45) is 0 Å². The first-order valence-electron chi connectivity index (χ1n) is 5.44. The third kappa shape index (κ3) is 2.56. The summed E-state index contributed by atoms with van der Waals surface area (Å²) in [5.74, 6) is -0.0460. The molecule has 0 unspecified atom stereocenters. The maximum Gasteiger partial charge on any atom is 0.196 e. The lowest BCUT2D eigenvalue weighted by molar-refractivity contribution is 0.103. The highest BCUT2D eigenvalue weighted by molar-refractivity contribution is 6.31. The molecule has 0 N–H and O–H groups in total. The summed E-state index contributed by atoms with van der Waals surface area (Å²) >= 11 is 5.94. The van der Waals surface area contributed by atoms with E-state index < -0.39 is 0 Å². The molecule has 1 aromatic carbocycles. The molecule has 2 aromatic rings. The molecule has 0 aliphatic carbocycles. The Kier molecular flexibility index (Phi) is 3.29. The van der Waals surface area contributed by atoms with Crippen LogP contribution in [0.4, 0.5) is 0 Å². The number of aryl methyl sites for hydroxylation is 2. The second-order valence-corrected chi connectivity index (χ2v) is 4.37. The number of carbonyl (C=O) groups excluding carboxylic acids is 1. The van der Waals surface area contributed by atoms with Crippen LogP contribution in [0.5, 0.6) is 0 Å². The smallest absolute Gasteiger partial charge is 0.196 e. The normalized spacial score (nSPS) is 10.5. The number of hydrogen-bond acceptors (Lipinski definition) is 2. The van der Waals surface area contributed by atoms with E-state index in [9.17, 15) is 4.79 Å². The first kappa shape index (κ1) is 11.9. The van der Waals surface area contributed by atoms with Crippen molar-refractivity contribution in [3.05, 3.63) is 52.3 Å². The fraction of sp³-hybridized carbons (Fsp3) is 0.231. The van der Waals surface area contributed by atoms with Gasteiger partial charge in [-0.15, -0.1) is 0 Å². The zero-order valence-electron chi connectivity index (χ0n) is 9.77. The molecule has 0 amide bonds. The summed E-state index contributed by atoms with van der Waals surface area (Å²) in [5.41, 5.74) is 2.17. The molecular formula is C13H13ClN2O. The van der Waals surface area contributed by atoms with E-state index in [0.717, 1.165) is 12.1 Å². The van der Waals surface area contributed by atoms with Gasteiger partial charge < -0.3 is 0 Å². The molecule has 88 valence electrons. The minimum Gasteiger partial charge on any atom is -0.288 e. The Morgan fingerprint density at radius 2 is 2.12 bits per heavy atom. The molecule has 2 rings (SSSR count).